The molecule has 0 aliphatic carbocycles. The van der Waals surface area contributed by atoms with Crippen molar-refractivity contribution in [2.75, 3.05) is 19.6 Å². The lowest BCUT2D eigenvalue weighted by atomic mass is 10.3. The molecule has 0 radical (unpaired) electrons. The van der Waals surface area contributed by atoms with Crippen LogP contribution in [-0.2, 0) is 0 Å². The highest BCUT2D eigenvalue weighted by atomic mass is 35.5. The molecular weight excluding hydrogens is 170 g/mol. The Kier molecular flexibility index (Phi) is 13.8. The van der Waals surface area contributed by atoms with E-state index >= 15 is 0 Å². The van der Waals surface area contributed by atoms with Crippen molar-refractivity contribution in [2.24, 2.45) is 0 Å². The smallest absolute Gasteiger partial charge is 0.00188 e. The largest absolute Gasteiger partial charge is 0.303 e. The first kappa shape index (κ1) is 14.8. The van der Waals surface area contributed by atoms with Crippen LogP contribution < -0.4 is 0 Å². The highest BCUT2D eigenvalue weighted by molar-refractivity contribution is 5.85. The summed E-state index contributed by atoms with van der Waals surface area (Å²) in [7, 11) is 0. The summed E-state index contributed by atoms with van der Waals surface area (Å²) in [5, 5.41) is 0. The second-order valence-corrected chi connectivity index (χ2v) is 3.20. The topological polar surface area (TPSA) is 3.24 Å². The average Bonchev–Trinajstić information content (AvgIpc) is 2.01. The van der Waals surface area contributed by atoms with Crippen molar-refractivity contribution in [2.45, 2.75) is 46.5 Å². The maximum Gasteiger partial charge on any atom is -0.00188 e. The first-order valence-electron chi connectivity index (χ1n) is 5.07. The quantitative estimate of drug-likeness (QED) is 0.600. The standard InChI is InChI=1S/C10H23N.ClH/c1-4-7-10-11(8-5-2)9-6-3;/h4-10H2,1-3H3;1H. The van der Waals surface area contributed by atoms with Gasteiger partial charge in [-0.3, -0.25) is 0 Å². The molecule has 0 unspecified atom stereocenters. The molecule has 2 heteroatoms. The number of halogens is 1. The molecule has 0 amide bonds. The van der Waals surface area contributed by atoms with E-state index in [1.165, 1.54) is 45.3 Å². The number of unbranched alkanes of at least 4 members (excludes halogenated alkanes) is 1. The van der Waals surface area contributed by atoms with E-state index in [1.54, 1.807) is 0 Å². The van der Waals surface area contributed by atoms with Crippen LogP contribution in [0.5, 0.6) is 0 Å². The monoisotopic (exact) mass is 193 g/mol. The summed E-state index contributed by atoms with van der Waals surface area (Å²) in [6, 6.07) is 0. The summed E-state index contributed by atoms with van der Waals surface area (Å²) in [4.78, 5) is 2.57. The molecule has 0 saturated carbocycles. The minimum atomic E-state index is 0. The van der Waals surface area contributed by atoms with Crippen LogP contribution in [0.4, 0.5) is 0 Å². The summed E-state index contributed by atoms with van der Waals surface area (Å²) >= 11 is 0. The second-order valence-electron chi connectivity index (χ2n) is 3.20. The van der Waals surface area contributed by atoms with Gasteiger partial charge in [-0.2, -0.15) is 0 Å². The summed E-state index contributed by atoms with van der Waals surface area (Å²) < 4.78 is 0. The van der Waals surface area contributed by atoms with Crippen LogP contribution in [0.3, 0.4) is 0 Å². The van der Waals surface area contributed by atoms with Crippen molar-refractivity contribution in [1.29, 1.82) is 0 Å². The van der Waals surface area contributed by atoms with Crippen molar-refractivity contribution < 1.29 is 0 Å². The molecule has 0 spiro atoms. The zero-order valence-corrected chi connectivity index (χ0v) is 9.62. The Morgan fingerprint density at radius 1 is 0.750 bits per heavy atom. The molecule has 1 nitrogen and oxygen atoms in total. The molecule has 0 rings (SSSR count). The summed E-state index contributed by atoms with van der Waals surface area (Å²) in [5.41, 5.74) is 0. The van der Waals surface area contributed by atoms with Crippen molar-refractivity contribution in [3.8, 4) is 0 Å². The van der Waals surface area contributed by atoms with Crippen molar-refractivity contribution >= 4 is 12.4 Å². The van der Waals surface area contributed by atoms with E-state index in [0.717, 1.165) is 0 Å². The second kappa shape index (κ2) is 11.2. The van der Waals surface area contributed by atoms with Gasteiger partial charge in [0.15, 0.2) is 0 Å². The molecule has 0 atom stereocenters. The van der Waals surface area contributed by atoms with Gasteiger partial charge in [0.2, 0.25) is 0 Å². The minimum absolute atomic E-state index is 0. The highest BCUT2D eigenvalue weighted by Gasteiger charge is 1.99. The maximum atomic E-state index is 2.57. The Bertz CT molecular complexity index is 70.2. The molecular formula is C10H24ClN. The molecule has 0 aromatic carbocycles. The number of rotatable bonds is 7. The molecule has 0 aromatic rings. The summed E-state index contributed by atoms with van der Waals surface area (Å²) in [6.07, 6.45) is 5.28. The molecule has 0 fully saturated rings. The fourth-order valence-corrected chi connectivity index (χ4v) is 1.35. The van der Waals surface area contributed by atoms with Crippen LogP contribution in [0.15, 0.2) is 0 Å². The molecule has 12 heavy (non-hydrogen) atoms. The Morgan fingerprint density at radius 3 is 1.58 bits per heavy atom. The molecule has 0 saturated heterocycles. The Morgan fingerprint density at radius 2 is 1.25 bits per heavy atom. The zero-order chi connectivity index (χ0) is 8.53. The SMILES string of the molecule is CCCCN(CCC)CCC.Cl. The number of nitrogens with zero attached hydrogens (tertiary/aromatic N) is 1. The Labute approximate surface area is 83.9 Å². The highest BCUT2D eigenvalue weighted by Crippen LogP contribution is 1.97. The molecule has 0 N–H and O–H groups in total. The third-order valence-corrected chi connectivity index (χ3v) is 1.91. The molecule has 0 aromatic heterocycles. The van der Waals surface area contributed by atoms with E-state index in [4.69, 9.17) is 0 Å². The molecule has 0 aliphatic rings. The molecule has 0 aliphatic heterocycles. The van der Waals surface area contributed by atoms with Gasteiger partial charge in [0.05, 0.1) is 0 Å². The van der Waals surface area contributed by atoms with Crippen molar-refractivity contribution in [1.82, 2.24) is 4.90 Å². The lowest BCUT2D eigenvalue weighted by molar-refractivity contribution is 0.270. The fourth-order valence-electron chi connectivity index (χ4n) is 1.35. The number of hydrogen-bond acceptors (Lipinski definition) is 1. The predicted molar refractivity (Wildman–Crippen MR) is 59.2 cm³/mol. The molecule has 0 bridgehead atoms. The van der Waals surface area contributed by atoms with Crippen LogP contribution in [0.2, 0.25) is 0 Å². The zero-order valence-electron chi connectivity index (χ0n) is 8.81. The average molecular weight is 194 g/mol. The Hall–Kier alpha value is 0.250. The van der Waals surface area contributed by atoms with Gasteiger partial charge in [-0.25, -0.2) is 0 Å². The molecule has 0 heterocycles. The van der Waals surface area contributed by atoms with Gasteiger partial charge in [-0.05, 0) is 38.9 Å². The van der Waals surface area contributed by atoms with Crippen LogP contribution in [0, 0.1) is 0 Å². The van der Waals surface area contributed by atoms with Gasteiger partial charge >= 0.3 is 0 Å². The number of hydrogen-bond donors (Lipinski definition) is 0. The third kappa shape index (κ3) is 8.35. The van der Waals surface area contributed by atoms with Crippen LogP contribution in [0.25, 0.3) is 0 Å². The predicted octanol–water partition coefficient (Wildman–Crippen LogP) is 3.33. The fraction of sp³-hybridized carbons (Fsp3) is 1.00. The van der Waals surface area contributed by atoms with Crippen molar-refractivity contribution in [3.63, 3.8) is 0 Å². The van der Waals surface area contributed by atoms with Crippen LogP contribution >= 0.6 is 12.4 Å². The van der Waals surface area contributed by atoms with E-state index < -0.39 is 0 Å². The van der Waals surface area contributed by atoms with Gasteiger partial charge in [-0.1, -0.05) is 27.2 Å². The lowest BCUT2D eigenvalue weighted by Gasteiger charge is -2.20. The third-order valence-electron chi connectivity index (χ3n) is 1.91. The van der Waals surface area contributed by atoms with Gasteiger partial charge in [0, 0.05) is 0 Å². The minimum Gasteiger partial charge on any atom is -0.303 e. The lowest BCUT2D eigenvalue weighted by Crippen LogP contribution is -2.26. The molecule has 76 valence electrons. The van der Waals surface area contributed by atoms with E-state index in [9.17, 15) is 0 Å². The van der Waals surface area contributed by atoms with Crippen molar-refractivity contribution in [3.05, 3.63) is 0 Å². The van der Waals surface area contributed by atoms with E-state index in [-0.39, 0.29) is 12.4 Å². The van der Waals surface area contributed by atoms with Gasteiger partial charge in [-0.15, -0.1) is 12.4 Å². The van der Waals surface area contributed by atoms with E-state index in [1.807, 2.05) is 0 Å². The summed E-state index contributed by atoms with van der Waals surface area (Å²) in [6.45, 7) is 10.7. The van der Waals surface area contributed by atoms with Gasteiger partial charge in [0.1, 0.15) is 0 Å². The first-order valence-corrected chi connectivity index (χ1v) is 5.07. The van der Waals surface area contributed by atoms with E-state index in [2.05, 4.69) is 25.7 Å². The Balaban J connectivity index is 0. The van der Waals surface area contributed by atoms with E-state index in [0.29, 0.717) is 0 Å². The summed E-state index contributed by atoms with van der Waals surface area (Å²) in [5.74, 6) is 0. The van der Waals surface area contributed by atoms with Gasteiger partial charge in [0.25, 0.3) is 0 Å². The van der Waals surface area contributed by atoms with Gasteiger partial charge < -0.3 is 4.90 Å². The van der Waals surface area contributed by atoms with Crippen LogP contribution in [-0.4, -0.2) is 24.5 Å². The normalized spacial score (nSPS) is 10.0. The van der Waals surface area contributed by atoms with Crippen LogP contribution in [0.1, 0.15) is 46.5 Å². The maximum absolute atomic E-state index is 2.57. The first-order chi connectivity index (χ1) is 5.35.